The first-order valence-electron chi connectivity index (χ1n) is 10.2. The van der Waals surface area contributed by atoms with Crippen LogP contribution in [0.3, 0.4) is 0 Å². The Hall–Kier alpha value is -3.55. The fourth-order valence-electron chi connectivity index (χ4n) is 3.28. The summed E-state index contributed by atoms with van der Waals surface area (Å²) in [5.74, 6) is -1.32. The maximum absolute atomic E-state index is 14.7. The minimum Gasteiger partial charge on any atom is -0.480 e. The zero-order valence-corrected chi connectivity index (χ0v) is 17.0. The van der Waals surface area contributed by atoms with Crippen LogP contribution >= 0.6 is 0 Å². The number of carbonyl (C=O) groups excluding carboxylic acids is 1. The van der Waals surface area contributed by atoms with Crippen LogP contribution in [0.25, 0.3) is 11.4 Å². The average Bonchev–Trinajstić information content (AvgIpc) is 3.50. The number of aliphatic carboxylic acids is 1. The monoisotopic (exact) mass is 423 g/mol. The van der Waals surface area contributed by atoms with Crippen LogP contribution in [0, 0.1) is 5.82 Å². The second-order valence-corrected chi connectivity index (χ2v) is 7.66. The zero-order valence-electron chi connectivity index (χ0n) is 17.0. The third-order valence-electron chi connectivity index (χ3n) is 5.31. The molecule has 0 aliphatic heterocycles. The van der Waals surface area contributed by atoms with Crippen molar-refractivity contribution in [3.8, 4) is 11.4 Å². The Balaban J connectivity index is 1.46. The normalized spacial score (nSPS) is 14.3. The molecule has 4 rings (SSSR count). The van der Waals surface area contributed by atoms with Gasteiger partial charge >= 0.3 is 5.97 Å². The minimum atomic E-state index is -1.20. The fraction of sp³-hybridized carbons (Fsp3) is 0.304. The van der Waals surface area contributed by atoms with Gasteiger partial charge < -0.3 is 14.9 Å². The molecule has 31 heavy (non-hydrogen) atoms. The van der Waals surface area contributed by atoms with Crippen LogP contribution in [0.1, 0.15) is 53.1 Å². The van der Waals surface area contributed by atoms with Crippen LogP contribution in [0.4, 0.5) is 4.39 Å². The lowest BCUT2D eigenvalue weighted by Gasteiger charge is -2.15. The second kappa shape index (κ2) is 8.67. The summed E-state index contributed by atoms with van der Waals surface area (Å²) < 4.78 is 19.8. The lowest BCUT2D eigenvalue weighted by atomic mass is 10.0. The largest absolute Gasteiger partial charge is 0.480 e. The number of aryl methyl sites for hydroxylation is 1. The highest BCUT2D eigenvalue weighted by molar-refractivity contribution is 5.96. The first kappa shape index (κ1) is 20.7. The van der Waals surface area contributed by atoms with Crippen molar-refractivity contribution < 1.29 is 23.6 Å². The zero-order chi connectivity index (χ0) is 22.0. The molecule has 0 spiro atoms. The van der Waals surface area contributed by atoms with Crippen molar-refractivity contribution in [2.75, 3.05) is 0 Å². The van der Waals surface area contributed by atoms with Crippen LogP contribution in [0.2, 0.25) is 0 Å². The summed E-state index contributed by atoms with van der Waals surface area (Å²) in [4.78, 5) is 28.4. The lowest BCUT2D eigenvalue weighted by molar-refractivity contribution is -0.139. The summed E-state index contributed by atoms with van der Waals surface area (Å²) in [7, 11) is 0. The number of benzene rings is 2. The Bertz CT molecular complexity index is 1110. The highest BCUT2D eigenvalue weighted by Crippen LogP contribution is 2.39. The molecule has 1 amide bonds. The summed E-state index contributed by atoms with van der Waals surface area (Å²) in [5, 5.41) is 15.9. The van der Waals surface area contributed by atoms with Crippen LogP contribution in [0.5, 0.6) is 0 Å². The van der Waals surface area contributed by atoms with E-state index in [4.69, 9.17) is 4.52 Å². The Labute approximate surface area is 178 Å². The van der Waals surface area contributed by atoms with Gasteiger partial charge in [0.15, 0.2) is 0 Å². The number of nitrogens with zero attached hydrogens (tertiary/aromatic N) is 2. The molecule has 160 valence electrons. The van der Waals surface area contributed by atoms with E-state index < -0.39 is 23.7 Å². The van der Waals surface area contributed by atoms with Gasteiger partial charge in [0.2, 0.25) is 11.7 Å². The number of amides is 1. The van der Waals surface area contributed by atoms with Crippen LogP contribution < -0.4 is 5.32 Å². The molecule has 2 N–H and O–H groups in total. The quantitative estimate of drug-likeness (QED) is 0.572. The predicted octanol–water partition coefficient (Wildman–Crippen LogP) is 3.74. The van der Waals surface area contributed by atoms with Gasteiger partial charge in [0, 0.05) is 17.9 Å². The number of hydrogen-bond donors (Lipinski definition) is 2. The number of carbonyl (C=O) groups is 2. The molecular weight excluding hydrogens is 401 g/mol. The molecule has 1 aromatic heterocycles. The summed E-state index contributed by atoms with van der Waals surface area (Å²) >= 11 is 0. The van der Waals surface area contributed by atoms with Crippen molar-refractivity contribution in [2.24, 2.45) is 0 Å². The molecule has 0 saturated heterocycles. The second-order valence-electron chi connectivity index (χ2n) is 7.66. The standard InChI is InChI=1S/C23H22FN3O4/c1-2-13-3-6-15(7-4-13)21(28)25-19(23(29)30)12-14-5-10-17(18(24)11-14)20-26-22(31-27-20)16-8-9-16/h3-7,10-11,16,19H,2,8-9,12H2,1H3,(H,25,28)(H,29,30). The van der Waals surface area contributed by atoms with E-state index in [-0.39, 0.29) is 23.7 Å². The van der Waals surface area contributed by atoms with Gasteiger partial charge in [-0.25, -0.2) is 9.18 Å². The molecule has 3 aromatic rings. The molecule has 0 bridgehead atoms. The molecule has 0 radical (unpaired) electrons. The van der Waals surface area contributed by atoms with Gasteiger partial charge in [-0.2, -0.15) is 4.98 Å². The molecule has 1 atom stereocenters. The number of carboxylic acid groups (broad SMARTS) is 1. The van der Waals surface area contributed by atoms with E-state index in [1.54, 1.807) is 18.2 Å². The number of rotatable bonds is 8. The van der Waals surface area contributed by atoms with Crippen molar-refractivity contribution in [2.45, 2.75) is 44.6 Å². The van der Waals surface area contributed by atoms with Crippen molar-refractivity contribution in [3.63, 3.8) is 0 Å². The van der Waals surface area contributed by atoms with Gasteiger partial charge in [-0.15, -0.1) is 0 Å². The molecule has 7 nitrogen and oxygen atoms in total. The average molecular weight is 423 g/mol. The number of halogens is 1. The van der Waals surface area contributed by atoms with E-state index in [1.807, 2.05) is 19.1 Å². The SMILES string of the molecule is CCc1ccc(C(=O)NC(Cc2ccc(-c3noc(C4CC4)n3)c(F)c2)C(=O)O)cc1. The van der Waals surface area contributed by atoms with E-state index in [2.05, 4.69) is 15.5 Å². The van der Waals surface area contributed by atoms with E-state index >= 15 is 0 Å². The molecule has 1 aliphatic rings. The van der Waals surface area contributed by atoms with Crippen molar-refractivity contribution in [3.05, 3.63) is 70.9 Å². The fourth-order valence-corrected chi connectivity index (χ4v) is 3.28. The van der Waals surface area contributed by atoms with Crippen LogP contribution in [0.15, 0.2) is 47.0 Å². The van der Waals surface area contributed by atoms with Crippen molar-refractivity contribution in [1.82, 2.24) is 15.5 Å². The number of nitrogens with one attached hydrogen (secondary N) is 1. The molecule has 8 heteroatoms. The van der Waals surface area contributed by atoms with Gasteiger partial charge in [-0.1, -0.05) is 30.3 Å². The smallest absolute Gasteiger partial charge is 0.326 e. The molecule has 1 saturated carbocycles. The van der Waals surface area contributed by atoms with E-state index in [0.29, 0.717) is 17.0 Å². The Morgan fingerprint density at radius 1 is 1.19 bits per heavy atom. The maximum Gasteiger partial charge on any atom is 0.326 e. The molecule has 1 unspecified atom stereocenters. The van der Waals surface area contributed by atoms with E-state index in [1.165, 1.54) is 12.1 Å². The van der Waals surface area contributed by atoms with Gasteiger partial charge in [-0.05, 0) is 54.7 Å². The van der Waals surface area contributed by atoms with Crippen molar-refractivity contribution in [1.29, 1.82) is 0 Å². The number of hydrogen-bond acceptors (Lipinski definition) is 5. The Morgan fingerprint density at radius 3 is 2.52 bits per heavy atom. The maximum atomic E-state index is 14.7. The van der Waals surface area contributed by atoms with Gasteiger partial charge in [0.05, 0.1) is 5.56 Å². The summed E-state index contributed by atoms with van der Waals surface area (Å²) in [6.07, 6.45) is 2.76. The van der Waals surface area contributed by atoms with Crippen LogP contribution in [-0.2, 0) is 17.6 Å². The molecular formula is C23H22FN3O4. The highest BCUT2D eigenvalue weighted by Gasteiger charge is 2.30. The van der Waals surface area contributed by atoms with Crippen molar-refractivity contribution >= 4 is 11.9 Å². The van der Waals surface area contributed by atoms with E-state index in [9.17, 15) is 19.1 Å². The third kappa shape index (κ3) is 4.79. The first-order valence-corrected chi connectivity index (χ1v) is 10.2. The first-order chi connectivity index (χ1) is 14.9. The number of aromatic nitrogens is 2. The summed E-state index contributed by atoms with van der Waals surface area (Å²) in [5.41, 5.74) is 2.06. The lowest BCUT2D eigenvalue weighted by Crippen LogP contribution is -2.42. The highest BCUT2D eigenvalue weighted by atomic mass is 19.1. The Morgan fingerprint density at radius 2 is 1.90 bits per heavy atom. The minimum absolute atomic E-state index is 0.0646. The molecule has 2 aromatic carbocycles. The topological polar surface area (TPSA) is 105 Å². The van der Waals surface area contributed by atoms with Gasteiger partial charge in [0.1, 0.15) is 11.9 Å². The molecule has 1 heterocycles. The third-order valence-corrected chi connectivity index (χ3v) is 5.31. The summed E-state index contributed by atoms with van der Waals surface area (Å²) in [6, 6.07) is 10.1. The Kier molecular flexibility index (Phi) is 5.79. The molecule has 1 fully saturated rings. The predicted molar refractivity (Wildman–Crippen MR) is 110 cm³/mol. The summed E-state index contributed by atoms with van der Waals surface area (Å²) in [6.45, 7) is 2.00. The van der Waals surface area contributed by atoms with Gasteiger partial charge in [-0.3, -0.25) is 4.79 Å². The van der Waals surface area contributed by atoms with Gasteiger partial charge in [0.25, 0.3) is 5.91 Å². The van der Waals surface area contributed by atoms with Crippen LogP contribution in [-0.4, -0.2) is 33.2 Å². The molecule has 1 aliphatic carbocycles. The van der Waals surface area contributed by atoms with E-state index in [0.717, 1.165) is 24.8 Å². The number of carboxylic acids is 1.